The molecule has 1 heterocycles. The molecule has 0 atom stereocenters. The van der Waals surface area contributed by atoms with Crippen molar-refractivity contribution in [2.24, 2.45) is 0 Å². The average Bonchev–Trinajstić information content (AvgIpc) is 3.17. The van der Waals surface area contributed by atoms with Crippen LogP contribution >= 0.6 is 0 Å². The van der Waals surface area contributed by atoms with Crippen molar-refractivity contribution >= 4 is 11.1 Å². The first kappa shape index (κ1) is 21.0. The van der Waals surface area contributed by atoms with E-state index < -0.39 is 6.61 Å². The molecule has 0 fully saturated rings. The van der Waals surface area contributed by atoms with Crippen LogP contribution in [0.1, 0.15) is 11.1 Å². The lowest BCUT2D eigenvalue weighted by molar-refractivity contribution is -0.0504. The molecule has 0 aliphatic rings. The van der Waals surface area contributed by atoms with Crippen LogP contribution in [0.3, 0.4) is 0 Å². The summed E-state index contributed by atoms with van der Waals surface area (Å²) >= 11 is 0. The molecule has 1 aromatic heterocycles. The van der Waals surface area contributed by atoms with Crippen molar-refractivity contribution < 1.29 is 23.0 Å². The van der Waals surface area contributed by atoms with Crippen LogP contribution in [-0.4, -0.2) is 29.9 Å². The molecular weight excluding hydrogens is 402 g/mol. The van der Waals surface area contributed by atoms with E-state index in [2.05, 4.69) is 15.0 Å². The maximum atomic E-state index is 12.9. The summed E-state index contributed by atoms with van der Waals surface area (Å²) in [5.74, 6) is 0.430. The van der Waals surface area contributed by atoms with Crippen molar-refractivity contribution in [3.05, 3.63) is 71.8 Å². The smallest absolute Gasteiger partial charge is 0.387 e. The van der Waals surface area contributed by atoms with Crippen LogP contribution in [0.15, 0.2) is 65.1 Å². The predicted octanol–water partition coefficient (Wildman–Crippen LogP) is 5.15. The molecule has 0 saturated carbocycles. The van der Waals surface area contributed by atoms with Gasteiger partial charge in [-0.3, -0.25) is 0 Å². The van der Waals surface area contributed by atoms with E-state index in [-0.39, 0.29) is 18.9 Å². The number of fused-ring (bicyclic) bond motifs is 1. The van der Waals surface area contributed by atoms with Crippen LogP contribution < -0.4 is 10.1 Å². The minimum Gasteiger partial charge on any atom is -0.436 e. The van der Waals surface area contributed by atoms with Crippen LogP contribution in [-0.2, 0) is 6.54 Å². The van der Waals surface area contributed by atoms with Gasteiger partial charge in [0, 0.05) is 30.3 Å². The van der Waals surface area contributed by atoms with Crippen LogP contribution in [0.25, 0.3) is 33.7 Å². The van der Waals surface area contributed by atoms with Gasteiger partial charge in [0.25, 0.3) is 0 Å². The minimum absolute atomic E-state index is 0.0189. The summed E-state index contributed by atoms with van der Waals surface area (Å²) in [6, 6.07) is 19.0. The first-order chi connectivity index (χ1) is 15.1. The quantitative estimate of drug-likeness (QED) is 0.383. The number of rotatable bonds is 8. The van der Waals surface area contributed by atoms with Gasteiger partial charge in [0.05, 0.1) is 6.61 Å². The van der Waals surface area contributed by atoms with E-state index in [1.807, 2.05) is 55.5 Å². The van der Waals surface area contributed by atoms with E-state index in [0.29, 0.717) is 29.1 Å². The second kappa shape index (κ2) is 9.24. The van der Waals surface area contributed by atoms with Crippen molar-refractivity contribution in [1.82, 2.24) is 10.3 Å². The summed E-state index contributed by atoms with van der Waals surface area (Å²) in [6.45, 7) is -0.424. The first-order valence-electron chi connectivity index (χ1n) is 9.92. The third-order valence-corrected chi connectivity index (χ3v) is 5.04. The van der Waals surface area contributed by atoms with Crippen LogP contribution in [0.5, 0.6) is 5.75 Å². The first-order valence-corrected chi connectivity index (χ1v) is 9.92. The molecule has 4 aromatic rings. The zero-order valence-corrected chi connectivity index (χ0v) is 16.9. The molecule has 0 saturated heterocycles. The molecule has 4 rings (SSSR count). The summed E-state index contributed by atoms with van der Waals surface area (Å²) in [5, 5.41) is 11.9. The molecule has 0 spiro atoms. The monoisotopic (exact) mass is 424 g/mol. The number of hydrogen-bond acceptors (Lipinski definition) is 5. The standard InChI is InChI=1S/C24H22F2N2O3/c1-15-18(16-6-3-2-4-7-16)8-5-9-19(15)23-28-20-12-17(14-27-10-11-29)21(31-24(25)26)13-22(20)30-23/h2-9,12-13,24,27,29H,10-11,14H2,1H3. The number of oxazole rings is 1. The fourth-order valence-electron chi connectivity index (χ4n) is 3.56. The summed E-state index contributed by atoms with van der Waals surface area (Å²) in [6.07, 6.45) is 0. The molecule has 0 amide bonds. The Hall–Kier alpha value is -3.29. The summed E-state index contributed by atoms with van der Waals surface area (Å²) in [7, 11) is 0. The van der Waals surface area contributed by atoms with Gasteiger partial charge in [0.15, 0.2) is 5.58 Å². The topological polar surface area (TPSA) is 67.5 Å². The maximum absolute atomic E-state index is 12.9. The molecule has 160 valence electrons. The summed E-state index contributed by atoms with van der Waals surface area (Å²) < 4.78 is 36.4. The Bertz CT molecular complexity index is 1180. The minimum atomic E-state index is -2.96. The number of benzene rings is 3. The Labute approximate surface area is 178 Å². The third kappa shape index (κ3) is 4.57. The lowest BCUT2D eigenvalue weighted by Gasteiger charge is -2.11. The van der Waals surface area contributed by atoms with Gasteiger partial charge in [0.1, 0.15) is 11.3 Å². The van der Waals surface area contributed by atoms with E-state index in [4.69, 9.17) is 9.52 Å². The fraction of sp³-hybridized carbons (Fsp3) is 0.208. The van der Waals surface area contributed by atoms with E-state index in [1.165, 1.54) is 6.07 Å². The highest BCUT2D eigenvalue weighted by Gasteiger charge is 2.17. The molecule has 0 radical (unpaired) electrons. The molecule has 5 nitrogen and oxygen atoms in total. The second-order valence-corrected chi connectivity index (χ2v) is 7.07. The number of nitrogens with zero attached hydrogens (tertiary/aromatic N) is 1. The molecule has 0 aliphatic heterocycles. The highest BCUT2D eigenvalue weighted by atomic mass is 19.3. The van der Waals surface area contributed by atoms with Gasteiger partial charge >= 0.3 is 6.61 Å². The molecule has 0 unspecified atom stereocenters. The Morgan fingerprint density at radius 2 is 1.84 bits per heavy atom. The predicted molar refractivity (Wildman–Crippen MR) is 115 cm³/mol. The van der Waals surface area contributed by atoms with Crippen LogP contribution in [0, 0.1) is 6.92 Å². The van der Waals surface area contributed by atoms with E-state index >= 15 is 0 Å². The normalized spacial score (nSPS) is 11.4. The van der Waals surface area contributed by atoms with Gasteiger partial charge in [-0.2, -0.15) is 8.78 Å². The SMILES string of the molecule is Cc1c(-c2ccccc2)cccc1-c1nc2cc(CNCCO)c(OC(F)F)cc2o1. The molecule has 3 aromatic carbocycles. The Kier molecular flexibility index (Phi) is 6.25. The highest BCUT2D eigenvalue weighted by molar-refractivity contribution is 5.81. The summed E-state index contributed by atoms with van der Waals surface area (Å²) in [4.78, 5) is 4.60. The number of alkyl halides is 2. The van der Waals surface area contributed by atoms with E-state index in [9.17, 15) is 8.78 Å². The fourth-order valence-corrected chi connectivity index (χ4v) is 3.56. The molecule has 2 N–H and O–H groups in total. The number of aromatic nitrogens is 1. The molecule has 0 aliphatic carbocycles. The largest absolute Gasteiger partial charge is 0.436 e. The van der Waals surface area contributed by atoms with Gasteiger partial charge in [-0.1, -0.05) is 42.5 Å². The number of aliphatic hydroxyl groups is 1. The maximum Gasteiger partial charge on any atom is 0.387 e. The van der Waals surface area contributed by atoms with Gasteiger partial charge in [0.2, 0.25) is 5.89 Å². The lowest BCUT2D eigenvalue weighted by atomic mass is 9.96. The van der Waals surface area contributed by atoms with Gasteiger partial charge in [-0.15, -0.1) is 0 Å². The number of ether oxygens (including phenoxy) is 1. The molecule has 7 heteroatoms. The van der Waals surface area contributed by atoms with Crippen molar-refractivity contribution in [1.29, 1.82) is 0 Å². The zero-order chi connectivity index (χ0) is 21.8. The third-order valence-electron chi connectivity index (χ3n) is 5.04. The average molecular weight is 424 g/mol. The second-order valence-electron chi connectivity index (χ2n) is 7.07. The number of hydrogen-bond donors (Lipinski definition) is 2. The molecule has 31 heavy (non-hydrogen) atoms. The molecule has 0 bridgehead atoms. The van der Waals surface area contributed by atoms with Crippen molar-refractivity contribution in [3.8, 4) is 28.3 Å². The van der Waals surface area contributed by atoms with Gasteiger partial charge in [-0.25, -0.2) is 4.98 Å². The van der Waals surface area contributed by atoms with Crippen molar-refractivity contribution in [2.75, 3.05) is 13.2 Å². The van der Waals surface area contributed by atoms with Gasteiger partial charge < -0.3 is 19.6 Å². The lowest BCUT2D eigenvalue weighted by Crippen LogP contribution is -2.18. The highest BCUT2D eigenvalue weighted by Crippen LogP contribution is 2.35. The molecular formula is C24H22F2N2O3. The number of halogens is 2. The Morgan fingerprint density at radius 3 is 2.58 bits per heavy atom. The van der Waals surface area contributed by atoms with Crippen molar-refractivity contribution in [2.45, 2.75) is 20.1 Å². The zero-order valence-electron chi connectivity index (χ0n) is 16.9. The summed E-state index contributed by atoms with van der Waals surface area (Å²) in [5.41, 5.74) is 5.40. The van der Waals surface area contributed by atoms with Crippen LogP contribution in [0.2, 0.25) is 0 Å². The van der Waals surface area contributed by atoms with E-state index in [1.54, 1.807) is 6.07 Å². The Morgan fingerprint density at radius 1 is 1.06 bits per heavy atom. The Balaban J connectivity index is 1.76. The van der Waals surface area contributed by atoms with E-state index in [0.717, 1.165) is 22.3 Å². The number of aliphatic hydroxyl groups excluding tert-OH is 1. The number of nitrogens with one attached hydrogen (secondary N) is 1. The van der Waals surface area contributed by atoms with Crippen molar-refractivity contribution in [3.63, 3.8) is 0 Å². The van der Waals surface area contributed by atoms with Gasteiger partial charge in [-0.05, 0) is 35.7 Å². The van der Waals surface area contributed by atoms with Crippen LogP contribution in [0.4, 0.5) is 8.78 Å².